The van der Waals surface area contributed by atoms with Gasteiger partial charge >= 0.3 is 17.9 Å². The quantitative estimate of drug-likeness (QED) is 0.606. The smallest absolute Gasteiger partial charge is 0.308 e. The second-order valence-corrected chi connectivity index (χ2v) is 7.96. The van der Waals surface area contributed by atoms with Crippen molar-refractivity contribution in [2.24, 2.45) is 0 Å². The highest BCUT2D eigenvalue weighted by molar-refractivity contribution is 7.84. The van der Waals surface area contributed by atoms with Crippen LogP contribution in [-0.2, 0) is 28.1 Å². The van der Waals surface area contributed by atoms with Crippen LogP contribution in [0.1, 0.15) is 13.8 Å². The SMILES string of the molecule is CCOP(=O)(CN1CCN(S(=O)(=O)OC)CC1)OCC. The van der Waals surface area contributed by atoms with Gasteiger partial charge in [0, 0.05) is 26.2 Å². The minimum atomic E-state index is -3.63. The predicted octanol–water partition coefficient (Wildman–Crippen LogP) is 0.719. The molecule has 1 saturated heterocycles. The van der Waals surface area contributed by atoms with E-state index in [0.717, 1.165) is 7.11 Å². The van der Waals surface area contributed by atoms with Crippen LogP contribution in [0.4, 0.5) is 0 Å². The van der Waals surface area contributed by atoms with Crippen molar-refractivity contribution in [3.63, 3.8) is 0 Å². The first kappa shape index (κ1) is 18.0. The van der Waals surface area contributed by atoms with Crippen LogP contribution in [0.15, 0.2) is 0 Å². The van der Waals surface area contributed by atoms with Crippen LogP contribution >= 0.6 is 7.60 Å². The molecule has 20 heavy (non-hydrogen) atoms. The van der Waals surface area contributed by atoms with Gasteiger partial charge in [-0.2, -0.15) is 12.7 Å². The molecule has 0 atom stereocenters. The molecule has 0 aromatic carbocycles. The van der Waals surface area contributed by atoms with Gasteiger partial charge in [0.1, 0.15) is 6.29 Å². The number of hydrogen-bond donors (Lipinski definition) is 0. The second kappa shape index (κ2) is 7.84. The van der Waals surface area contributed by atoms with E-state index in [0.29, 0.717) is 39.4 Å². The maximum Gasteiger partial charge on any atom is 0.344 e. The third-order valence-electron chi connectivity index (χ3n) is 2.88. The highest BCUT2D eigenvalue weighted by atomic mass is 32.2. The molecule has 1 aliphatic heterocycles. The van der Waals surface area contributed by atoms with Gasteiger partial charge in [-0.3, -0.25) is 13.6 Å². The molecule has 0 N–H and O–H groups in total. The molecule has 0 amide bonds. The van der Waals surface area contributed by atoms with Crippen molar-refractivity contribution in [3.8, 4) is 0 Å². The lowest BCUT2D eigenvalue weighted by atomic mass is 10.4. The van der Waals surface area contributed by atoms with E-state index in [4.69, 9.17) is 9.05 Å². The Morgan fingerprint density at radius 3 is 1.95 bits per heavy atom. The van der Waals surface area contributed by atoms with Crippen molar-refractivity contribution in [1.29, 1.82) is 0 Å². The number of piperazine rings is 1. The molecule has 10 heteroatoms. The summed E-state index contributed by atoms with van der Waals surface area (Å²) in [6.07, 6.45) is 0.176. The molecule has 1 rings (SSSR count). The zero-order valence-electron chi connectivity index (χ0n) is 12.1. The maximum absolute atomic E-state index is 12.4. The van der Waals surface area contributed by atoms with Gasteiger partial charge in [0.25, 0.3) is 0 Å². The summed E-state index contributed by atoms with van der Waals surface area (Å²) in [6, 6.07) is 0. The zero-order valence-corrected chi connectivity index (χ0v) is 13.9. The summed E-state index contributed by atoms with van der Waals surface area (Å²) in [5, 5.41) is 0. The Balaban J connectivity index is 2.55. The Morgan fingerprint density at radius 1 is 1.05 bits per heavy atom. The van der Waals surface area contributed by atoms with Crippen molar-refractivity contribution in [2.45, 2.75) is 13.8 Å². The summed E-state index contributed by atoms with van der Waals surface area (Å²) in [4.78, 5) is 1.88. The molecule has 0 aliphatic carbocycles. The van der Waals surface area contributed by atoms with E-state index in [1.807, 2.05) is 4.90 Å². The largest absolute Gasteiger partial charge is 0.344 e. The Bertz CT molecular complexity index is 425. The van der Waals surface area contributed by atoms with Crippen LogP contribution in [0, 0.1) is 0 Å². The fraction of sp³-hybridized carbons (Fsp3) is 1.00. The predicted molar refractivity (Wildman–Crippen MR) is 74.8 cm³/mol. The zero-order chi connectivity index (χ0) is 15.2. The van der Waals surface area contributed by atoms with Gasteiger partial charge < -0.3 is 9.05 Å². The molecule has 0 spiro atoms. The Morgan fingerprint density at radius 2 is 1.55 bits per heavy atom. The maximum atomic E-state index is 12.4. The highest BCUT2D eigenvalue weighted by Gasteiger charge is 2.32. The van der Waals surface area contributed by atoms with Crippen molar-refractivity contribution < 1.29 is 26.2 Å². The molecule has 0 unspecified atom stereocenters. The first-order valence-corrected chi connectivity index (χ1v) is 9.62. The monoisotopic (exact) mass is 330 g/mol. The average molecular weight is 330 g/mol. The van der Waals surface area contributed by atoms with E-state index in [1.54, 1.807) is 13.8 Å². The van der Waals surface area contributed by atoms with E-state index in [-0.39, 0.29) is 6.29 Å². The molecule has 8 nitrogen and oxygen atoms in total. The van der Waals surface area contributed by atoms with E-state index in [9.17, 15) is 13.0 Å². The molecule has 0 radical (unpaired) electrons. The third kappa shape index (κ3) is 5.07. The normalized spacial score (nSPS) is 19.4. The molecule has 1 heterocycles. The first-order valence-electron chi connectivity index (χ1n) is 6.53. The molecule has 0 saturated carbocycles. The number of hydrogen-bond acceptors (Lipinski definition) is 7. The minimum absolute atomic E-state index is 0.176. The Kier molecular flexibility index (Phi) is 7.07. The Labute approximate surface area is 120 Å². The lowest BCUT2D eigenvalue weighted by Gasteiger charge is -2.34. The Hall–Kier alpha value is -0.0200. The summed E-state index contributed by atoms with van der Waals surface area (Å²) < 4.78 is 51.6. The van der Waals surface area contributed by atoms with Gasteiger partial charge in [0.2, 0.25) is 0 Å². The summed E-state index contributed by atoms with van der Waals surface area (Å²) in [5.41, 5.74) is 0. The second-order valence-electron chi connectivity index (χ2n) is 4.23. The van der Waals surface area contributed by atoms with Gasteiger partial charge in [-0.25, -0.2) is 0 Å². The van der Waals surface area contributed by atoms with Crippen molar-refractivity contribution >= 4 is 17.9 Å². The van der Waals surface area contributed by atoms with Gasteiger partial charge in [0.05, 0.1) is 20.3 Å². The van der Waals surface area contributed by atoms with Crippen LogP contribution < -0.4 is 0 Å². The topological polar surface area (TPSA) is 85.4 Å². The molecule has 0 bridgehead atoms. The van der Waals surface area contributed by atoms with E-state index >= 15 is 0 Å². The van der Waals surface area contributed by atoms with Gasteiger partial charge in [-0.05, 0) is 13.8 Å². The molecule has 120 valence electrons. The average Bonchev–Trinajstić information content (AvgIpc) is 2.39. The summed E-state index contributed by atoms with van der Waals surface area (Å²) in [7, 11) is -5.62. The van der Waals surface area contributed by atoms with Crippen molar-refractivity contribution in [2.75, 3.05) is 52.8 Å². The van der Waals surface area contributed by atoms with Crippen LogP contribution in [0.5, 0.6) is 0 Å². The third-order valence-corrected chi connectivity index (χ3v) is 6.35. The van der Waals surface area contributed by atoms with E-state index < -0.39 is 17.9 Å². The minimum Gasteiger partial charge on any atom is -0.308 e. The number of rotatable bonds is 8. The van der Waals surface area contributed by atoms with Crippen LogP contribution in [0.2, 0.25) is 0 Å². The molecular weight excluding hydrogens is 307 g/mol. The standard InChI is InChI=1S/C10H23N2O6PS/c1-4-17-19(13,18-5-2)10-11-6-8-12(9-7-11)20(14,15)16-3/h4-10H2,1-3H3. The first-order chi connectivity index (χ1) is 9.37. The lowest BCUT2D eigenvalue weighted by Crippen LogP contribution is -2.49. The van der Waals surface area contributed by atoms with Crippen LogP contribution in [0.25, 0.3) is 0 Å². The van der Waals surface area contributed by atoms with Crippen LogP contribution in [0.3, 0.4) is 0 Å². The van der Waals surface area contributed by atoms with Gasteiger partial charge in [-0.1, -0.05) is 0 Å². The molecule has 1 aliphatic rings. The summed E-state index contributed by atoms with van der Waals surface area (Å²) in [6.45, 7) is 5.68. The van der Waals surface area contributed by atoms with E-state index in [2.05, 4.69) is 4.18 Å². The lowest BCUT2D eigenvalue weighted by molar-refractivity contribution is 0.164. The summed E-state index contributed by atoms with van der Waals surface area (Å²) >= 11 is 0. The molecule has 0 aromatic heterocycles. The number of nitrogens with zero attached hydrogens (tertiary/aromatic N) is 2. The van der Waals surface area contributed by atoms with Crippen LogP contribution in [-0.4, -0.2) is 70.4 Å². The fourth-order valence-corrected chi connectivity index (χ4v) is 4.58. The van der Waals surface area contributed by atoms with Gasteiger partial charge in [0.15, 0.2) is 0 Å². The van der Waals surface area contributed by atoms with Gasteiger partial charge in [-0.15, -0.1) is 0 Å². The van der Waals surface area contributed by atoms with Crippen molar-refractivity contribution in [1.82, 2.24) is 9.21 Å². The fourth-order valence-electron chi connectivity index (χ4n) is 1.96. The van der Waals surface area contributed by atoms with Crippen molar-refractivity contribution in [3.05, 3.63) is 0 Å². The molecule has 0 aromatic rings. The summed E-state index contributed by atoms with van der Waals surface area (Å²) in [5.74, 6) is 0. The highest BCUT2D eigenvalue weighted by Crippen LogP contribution is 2.48. The molecule has 1 fully saturated rings. The van der Waals surface area contributed by atoms with E-state index in [1.165, 1.54) is 4.31 Å². The molecular formula is C10H23N2O6PS.